The lowest BCUT2D eigenvalue weighted by atomic mass is 9.89. The fourth-order valence-corrected chi connectivity index (χ4v) is 4.01. The highest BCUT2D eigenvalue weighted by Gasteiger charge is 2.38. The monoisotopic (exact) mass is 398 g/mol. The van der Waals surface area contributed by atoms with Gasteiger partial charge in [0.1, 0.15) is 5.54 Å². The minimum Gasteiger partial charge on any atom is -0.343 e. The van der Waals surface area contributed by atoms with Crippen LogP contribution in [0.3, 0.4) is 0 Å². The number of nitrogens with one attached hydrogen (secondary N) is 2. The molecule has 1 aliphatic carbocycles. The zero-order valence-electron chi connectivity index (χ0n) is 17.3. The maximum absolute atomic E-state index is 12.4. The van der Waals surface area contributed by atoms with Crippen LogP contribution in [-0.4, -0.2) is 22.0 Å². The predicted octanol–water partition coefficient (Wildman–Crippen LogP) is 3.89. The third-order valence-electron chi connectivity index (χ3n) is 5.51. The third-order valence-corrected chi connectivity index (χ3v) is 5.51. The average molecular weight is 399 g/mol. The summed E-state index contributed by atoms with van der Waals surface area (Å²) in [4.78, 5) is 28.7. The number of amides is 2. The average Bonchev–Trinajstić information content (AvgIpc) is 3.07. The molecule has 1 aliphatic rings. The highest BCUT2D eigenvalue weighted by molar-refractivity contribution is 5.91. The summed E-state index contributed by atoms with van der Waals surface area (Å²) in [5.41, 5.74) is 1.38. The lowest BCUT2D eigenvalue weighted by Gasteiger charge is -2.30. The molecule has 0 radical (unpaired) electrons. The minimum atomic E-state index is -0.563. The first-order valence-electron chi connectivity index (χ1n) is 10.5. The molecule has 1 saturated carbocycles. The van der Waals surface area contributed by atoms with Crippen LogP contribution < -0.4 is 10.6 Å². The fourth-order valence-electron chi connectivity index (χ4n) is 4.01. The van der Waals surface area contributed by atoms with Gasteiger partial charge in [0, 0.05) is 25.5 Å². The van der Waals surface area contributed by atoms with Crippen LogP contribution in [0, 0.1) is 0 Å². The minimum absolute atomic E-state index is 0.0864. The first kappa shape index (κ1) is 21.0. The summed E-state index contributed by atoms with van der Waals surface area (Å²) in [6, 6.07) is 7.79. The van der Waals surface area contributed by atoms with Crippen LogP contribution >= 0.6 is 0 Å². The quantitative estimate of drug-likeness (QED) is 0.690. The van der Waals surface area contributed by atoms with Gasteiger partial charge in [-0.3, -0.25) is 9.59 Å². The van der Waals surface area contributed by atoms with Gasteiger partial charge < -0.3 is 15.2 Å². The first-order valence-corrected chi connectivity index (χ1v) is 10.5. The number of rotatable bonds is 7. The van der Waals surface area contributed by atoms with E-state index in [0.29, 0.717) is 18.1 Å². The number of carbonyl (C=O) groups excluding carboxylic acids is 2. The lowest BCUT2D eigenvalue weighted by molar-refractivity contribution is -0.121. The zero-order valence-corrected chi connectivity index (χ0v) is 17.3. The fraction of sp³-hybridized carbons (Fsp3) is 0.545. The molecule has 156 valence electrons. The Labute approximate surface area is 171 Å². The van der Waals surface area contributed by atoms with Gasteiger partial charge in [0.2, 0.25) is 17.7 Å². The summed E-state index contributed by atoms with van der Waals surface area (Å²) in [7, 11) is 0. The normalized spacial score (nSPS) is 16.1. The van der Waals surface area contributed by atoms with Crippen molar-refractivity contribution in [2.24, 2.45) is 0 Å². The van der Waals surface area contributed by atoms with Gasteiger partial charge in [-0.1, -0.05) is 56.0 Å². The second-order valence-electron chi connectivity index (χ2n) is 7.75. The highest BCUT2D eigenvalue weighted by atomic mass is 16.5. The molecule has 2 N–H and O–H groups in total. The van der Waals surface area contributed by atoms with Crippen molar-refractivity contribution in [3.63, 3.8) is 0 Å². The van der Waals surface area contributed by atoms with Gasteiger partial charge in [0.15, 0.2) is 5.82 Å². The van der Waals surface area contributed by atoms with E-state index in [1.54, 1.807) is 0 Å². The van der Waals surface area contributed by atoms with Crippen LogP contribution in [0.25, 0.3) is 0 Å². The third kappa shape index (κ3) is 5.43. The second-order valence-corrected chi connectivity index (χ2v) is 7.75. The molecule has 1 fully saturated rings. The Balaban J connectivity index is 1.64. The maximum atomic E-state index is 12.4. The Kier molecular flexibility index (Phi) is 7.01. The van der Waals surface area contributed by atoms with E-state index in [9.17, 15) is 9.59 Å². The van der Waals surface area contributed by atoms with Gasteiger partial charge in [-0.25, -0.2) is 0 Å². The number of benzene rings is 1. The second kappa shape index (κ2) is 9.67. The number of para-hydroxylation sites is 1. The molecule has 0 saturated heterocycles. The molecule has 3 rings (SSSR count). The molecule has 29 heavy (non-hydrogen) atoms. The molecule has 1 aromatic heterocycles. The summed E-state index contributed by atoms with van der Waals surface area (Å²) in [6.07, 6.45) is 7.41. The van der Waals surface area contributed by atoms with Gasteiger partial charge in [-0.2, -0.15) is 4.98 Å². The lowest BCUT2D eigenvalue weighted by Crippen LogP contribution is -2.45. The summed E-state index contributed by atoms with van der Waals surface area (Å²) in [6.45, 7) is 3.58. The van der Waals surface area contributed by atoms with Crippen molar-refractivity contribution in [3.05, 3.63) is 41.5 Å². The molecule has 0 bridgehead atoms. The smallest absolute Gasteiger partial charge is 0.227 e. The van der Waals surface area contributed by atoms with Gasteiger partial charge in [0.05, 0.1) is 0 Å². The molecule has 1 heterocycles. The first-order chi connectivity index (χ1) is 14.0. The molecule has 2 aromatic rings. The van der Waals surface area contributed by atoms with Gasteiger partial charge in [-0.05, 0) is 30.9 Å². The van der Waals surface area contributed by atoms with E-state index in [4.69, 9.17) is 4.52 Å². The predicted molar refractivity (Wildman–Crippen MR) is 110 cm³/mol. The topological polar surface area (TPSA) is 97.1 Å². The van der Waals surface area contributed by atoms with E-state index in [1.807, 2.05) is 24.3 Å². The Morgan fingerprint density at radius 1 is 1.14 bits per heavy atom. The molecule has 0 aliphatic heterocycles. The van der Waals surface area contributed by atoms with Crippen molar-refractivity contribution in [1.82, 2.24) is 15.5 Å². The Morgan fingerprint density at radius 2 is 1.86 bits per heavy atom. The van der Waals surface area contributed by atoms with Gasteiger partial charge in [0.25, 0.3) is 0 Å². The van der Waals surface area contributed by atoms with Gasteiger partial charge >= 0.3 is 0 Å². The largest absolute Gasteiger partial charge is 0.343 e. The molecule has 2 amide bonds. The summed E-state index contributed by atoms with van der Waals surface area (Å²) in [5, 5.41) is 10.2. The number of hydrogen-bond donors (Lipinski definition) is 2. The molecule has 0 atom stereocenters. The number of aryl methyl sites for hydroxylation is 2. The number of aromatic nitrogens is 2. The summed E-state index contributed by atoms with van der Waals surface area (Å²) >= 11 is 0. The van der Waals surface area contributed by atoms with Crippen LogP contribution in [0.2, 0.25) is 0 Å². The molecule has 7 nitrogen and oxygen atoms in total. The van der Waals surface area contributed by atoms with Crippen LogP contribution in [0.15, 0.2) is 28.8 Å². The SMILES string of the molecule is CCc1ccccc1NC(=O)CCc1nc(C2(NC(C)=O)CCCCCC2)no1. The van der Waals surface area contributed by atoms with Crippen molar-refractivity contribution in [1.29, 1.82) is 0 Å². The molecular weight excluding hydrogens is 368 g/mol. The molecular formula is C22H30N4O3. The standard InChI is InChI=1S/C22H30N4O3/c1-3-17-10-6-7-11-18(17)23-19(28)12-13-20-24-21(26-29-20)22(25-16(2)27)14-8-4-5-9-15-22/h6-7,10-11H,3-5,8-9,12-15H2,1-2H3,(H,23,28)(H,25,27). The Morgan fingerprint density at radius 3 is 2.55 bits per heavy atom. The van der Waals surface area contributed by atoms with E-state index in [1.165, 1.54) is 6.92 Å². The zero-order chi connectivity index (χ0) is 20.7. The molecule has 1 aromatic carbocycles. The molecule has 0 unspecified atom stereocenters. The van der Waals surface area contributed by atoms with Crippen LogP contribution in [0.5, 0.6) is 0 Å². The van der Waals surface area contributed by atoms with E-state index in [2.05, 4.69) is 27.7 Å². The summed E-state index contributed by atoms with van der Waals surface area (Å²) in [5.74, 6) is 0.776. The Bertz CT molecular complexity index is 838. The van der Waals surface area contributed by atoms with E-state index in [-0.39, 0.29) is 18.2 Å². The number of anilines is 1. The summed E-state index contributed by atoms with van der Waals surface area (Å²) < 4.78 is 5.42. The highest BCUT2D eigenvalue weighted by Crippen LogP contribution is 2.34. The Hall–Kier alpha value is -2.70. The van der Waals surface area contributed by atoms with E-state index >= 15 is 0 Å². The van der Waals surface area contributed by atoms with Gasteiger partial charge in [-0.15, -0.1) is 0 Å². The van der Waals surface area contributed by atoms with Crippen LogP contribution in [-0.2, 0) is 28.0 Å². The maximum Gasteiger partial charge on any atom is 0.227 e. The van der Waals surface area contributed by atoms with Crippen molar-refractivity contribution in [2.45, 2.75) is 77.2 Å². The van der Waals surface area contributed by atoms with Crippen molar-refractivity contribution in [2.75, 3.05) is 5.32 Å². The van der Waals surface area contributed by atoms with Crippen LogP contribution in [0.4, 0.5) is 5.69 Å². The van der Waals surface area contributed by atoms with Crippen molar-refractivity contribution >= 4 is 17.5 Å². The van der Waals surface area contributed by atoms with Crippen molar-refractivity contribution < 1.29 is 14.1 Å². The molecule has 0 spiro atoms. The molecule has 7 heteroatoms. The van der Waals surface area contributed by atoms with Crippen molar-refractivity contribution in [3.8, 4) is 0 Å². The van der Waals surface area contributed by atoms with E-state index < -0.39 is 5.54 Å². The number of carbonyl (C=O) groups is 2. The van der Waals surface area contributed by atoms with E-state index in [0.717, 1.165) is 56.2 Å². The van der Waals surface area contributed by atoms with Crippen LogP contribution in [0.1, 0.15) is 76.1 Å². The number of nitrogens with zero attached hydrogens (tertiary/aromatic N) is 2. The number of hydrogen-bond acceptors (Lipinski definition) is 5.